The van der Waals surface area contributed by atoms with Crippen LogP contribution in [0.5, 0.6) is 0 Å². The van der Waals surface area contributed by atoms with Gasteiger partial charge in [0.1, 0.15) is 25.9 Å². The van der Waals surface area contributed by atoms with E-state index >= 15 is 0 Å². The fourth-order valence-electron chi connectivity index (χ4n) is 7.80. The van der Waals surface area contributed by atoms with Gasteiger partial charge in [-0.25, -0.2) is 0 Å². The van der Waals surface area contributed by atoms with E-state index in [1.54, 1.807) is 0 Å². The molecule has 1 aromatic rings. The molecule has 0 saturated heterocycles. The first-order valence-electron chi connectivity index (χ1n) is 26.0. The lowest BCUT2D eigenvalue weighted by Gasteiger charge is -2.30. The number of phosphoric acid groups is 1. The van der Waals surface area contributed by atoms with E-state index in [0.717, 1.165) is 44.2 Å². The molecule has 0 saturated carbocycles. The number of likely N-dealkylation sites (N-methyl/N-ethyl adjacent to an activating group) is 1. The van der Waals surface area contributed by atoms with Gasteiger partial charge in [0.25, 0.3) is 7.82 Å². The average molecular weight is 895 g/mol. The number of quaternary nitrogens is 1. The van der Waals surface area contributed by atoms with Crippen LogP contribution in [0.1, 0.15) is 224 Å². The number of nitrogens with one attached hydrogen (secondary N) is 1. The van der Waals surface area contributed by atoms with Gasteiger partial charge in [-0.3, -0.25) is 9.36 Å². The number of unbranched alkanes of at least 4 members (excludes halogenated alkanes) is 30. The fraction of sp³-hybridized carbons (Fsp3) is 0.865. The Labute approximate surface area is 383 Å². The summed E-state index contributed by atoms with van der Waals surface area (Å²) >= 11 is 0. The third-order valence-electron chi connectivity index (χ3n) is 11.8. The largest absolute Gasteiger partial charge is 0.756 e. The summed E-state index contributed by atoms with van der Waals surface area (Å²) in [6.45, 7) is 5.48. The smallest absolute Gasteiger partial charge is 0.306 e. The number of phosphoric ester groups is 1. The Morgan fingerprint density at radius 3 is 1.52 bits per heavy atom. The second kappa shape index (κ2) is 42.3. The lowest BCUT2D eigenvalue weighted by molar-refractivity contribution is -0.870. The first kappa shape index (κ1) is 58.7. The number of carbonyl (C=O) groups is 1. The molecule has 0 heterocycles. The SMILES string of the molecule is CCCCCCCCCCCCCCCCCCOCC(CNCCCCCCCCCCCCCCCCCCC(=O)OCc1ccccc1)OP(=O)([O-])OCC[N+](C)(C)C. The highest BCUT2D eigenvalue weighted by atomic mass is 31.2. The summed E-state index contributed by atoms with van der Waals surface area (Å²) in [5.41, 5.74) is 1.04. The summed E-state index contributed by atoms with van der Waals surface area (Å²) in [7, 11) is 1.59. The van der Waals surface area contributed by atoms with E-state index in [2.05, 4.69) is 12.2 Å². The number of esters is 1. The van der Waals surface area contributed by atoms with Gasteiger partial charge in [0.2, 0.25) is 0 Å². The second-order valence-electron chi connectivity index (χ2n) is 19.2. The van der Waals surface area contributed by atoms with Crippen LogP contribution in [0.4, 0.5) is 0 Å². The lowest BCUT2D eigenvalue weighted by Crippen LogP contribution is -2.38. The van der Waals surface area contributed by atoms with Gasteiger partial charge in [0, 0.05) is 19.6 Å². The monoisotopic (exact) mass is 895 g/mol. The summed E-state index contributed by atoms with van der Waals surface area (Å²) in [5.74, 6) is -0.0833. The normalized spacial score (nSPS) is 13.4. The standard InChI is InChI=1S/C52H99N2O7P/c1-5-6-7-8-9-10-11-12-13-18-21-24-27-30-33-39-45-58-49-51(61-62(56,57)60-46-44-54(2,3)4)47-53-43-38-32-29-26-23-20-17-15-14-16-19-22-25-28-31-37-42-52(55)59-48-50-40-35-34-36-41-50/h34-36,40-41,51,53H,5-33,37-39,42-49H2,1-4H3. The van der Waals surface area contributed by atoms with E-state index in [0.29, 0.717) is 37.2 Å². The number of benzene rings is 1. The molecule has 0 radical (unpaired) electrons. The first-order chi connectivity index (χ1) is 30.1. The van der Waals surface area contributed by atoms with Crippen LogP contribution in [0.2, 0.25) is 0 Å². The number of ether oxygens (including phenoxy) is 2. The Morgan fingerprint density at radius 1 is 0.613 bits per heavy atom. The van der Waals surface area contributed by atoms with E-state index in [9.17, 15) is 14.3 Å². The molecule has 2 atom stereocenters. The van der Waals surface area contributed by atoms with Crippen molar-refractivity contribution in [2.45, 2.75) is 232 Å². The molecule has 0 aliphatic heterocycles. The van der Waals surface area contributed by atoms with Crippen LogP contribution in [-0.2, 0) is 34.5 Å². The van der Waals surface area contributed by atoms with Crippen LogP contribution in [0.15, 0.2) is 30.3 Å². The predicted octanol–water partition coefficient (Wildman–Crippen LogP) is 13.8. The summed E-state index contributed by atoms with van der Waals surface area (Å²) in [4.78, 5) is 24.6. The zero-order valence-electron chi connectivity index (χ0n) is 41.0. The minimum absolute atomic E-state index is 0.0833. The van der Waals surface area contributed by atoms with Gasteiger partial charge < -0.3 is 33.2 Å². The van der Waals surface area contributed by atoms with Gasteiger partial charge in [0.15, 0.2) is 0 Å². The lowest BCUT2D eigenvalue weighted by atomic mass is 10.0. The zero-order valence-corrected chi connectivity index (χ0v) is 41.9. The molecule has 0 aliphatic rings. The summed E-state index contributed by atoms with van der Waals surface area (Å²) < 4.78 is 35.3. The van der Waals surface area contributed by atoms with E-state index in [-0.39, 0.29) is 19.2 Å². The Bertz CT molecular complexity index is 1150. The minimum atomic E-state index is -4.43. The summed E-state index contributed by atoms with van der Waals surface area (Å²) in [5, 5.41) is 3.42. The van der Waals surface area contributed by atoms with Gasteiger partial charge in [-0.15, -0.1) is 0 Å². The molecule has 0 aromatic heterocycles. The number of rotatable bonds is 48. The third-order valence-corrected chi connectivity index (χ3v) is 12.9. The van der Waals surface area contributed by atoms with E-state index < -0.39 is 13.9 Å². The van der Waals surface area contributed by atoms with E-state index in [1.165, 1.54) is 173 Å². The quantitative estimate of drug-likeness (QED) is 0.0298. The minimum Gasteiger partial charge on any atom is -0.756 e. The highest BCUT2D eigenvalue weighted by Gasteiger charge is 2.20. The molecule has 10 heteroatoms. The number of hydrogen-bond acceptors (Lipinski definition) is 8. The van der Waals surface area contributed by atoms with Gasteiger partial charge in [-0.05, 0) is 31.4 Å². The molecule has 0 aliphatic carbocycles. The first-order valence-corrected chi connectivity index (χ1v) is 27.5. The zero-order chi connectivity index (χ0) is 45.1. The molecule has 2 unspecified atom stereocenters. The van der Waals surface area contributed by atoms with Crippen LogP contribution in [0.25, 0.3) is 0 Å². The molecule has 364 valence electrons. The highest BCUT2D eigenvalue weighted by molar-refractivity contribution is 7.45. The maximum atomic E-state index is 12.7. The molecular formula is C52H99N2O7P. The average Bonchev–Trinajstić information content (AvgIpc) is 3.24. The van der Waals surface area contributed by atoms with Crippen LogP contribution in [-0.4, -0.2) is 77.2 Å². The van der Waals surface area contributed by atoms with Gasteiger partial charge >= 0.3 is 5.97 Å². The fourth-order valence-corrected chi connectivity index (χ4v) is 8.67. The van der Waals surface area contributed by atoms with Crippen LogP contribution in [0.3, 0.4) is 0 Å². The molecular weight excluding hydrogens is 796 g/mol. The number of nitrogens with zero attached hydrogens (tertiary/aromatic N) is 1. The van der Waals surface area contributed by atoms with E-state index in [1.807, 2.05) is 51.5 Å². The molecule has 1 aromatic carbocycles. The van der Waals surface area contributed by atoms with Crippen LogP contribution in [0, 0.1) is 0 Å². The topological polar surface area (TPSA) is 106 Å². The molecule has 1 rings (SSSR count). The van der Waals surface area contributed by atoms with E-state index in [4.69, 9.17) is 18.5 Å². The maximum absolute atomic E-state index is 12.7. The molecule has 9 nitrogen and oxygen atoms in total. The highest BCUT2D eigenvalue weighted by Crippen LogP contribution is 2.39. The maximum Gasteiger partial charge on any atom is 0.306 e. The van der Waals surface area contributed by atoms with Crippen molar-refractivity contribution < 1.29 is 37.3 Å². The van der Waals surface area contributed by atoms with Gasteiger partial charge in [-0.2, -0.15) is 0 Å². The molecule has 0 fully saturated rings. The van der Waals surface area contributed by atoms with Crippen LogP contribution >= 0.6 is 7.82 Å². The molecule has 0 bridgehead atoms. The Morgan fingerprint density at radius 2 is 1.05 bits per heavy atom. The van der Waals surface area contributed by atoms with Crippen molar-refractivity contribution in [2.75, 3.05) is 60.6 Å². The van der Waals surface area contributed by atoms with Crippen molar-refractivity contribution >= 4 is 13.8 Å². The van der Waals surface area contributed by atoms with Crippen molar-refractivity contribution in [3.63, 3.8) is 0 Å². The van der Waals surface area contributed by atoms with Gasteiger partial charge in [0.05, 0.1) is 27.7 Å². The molecule has 1 N–H and O–H groups in total. The van der Waals surface area contributed by atoms with Crippen molar-refractivity contribution in [2.24, 2.45) is 0 Å². The molecule has 0 amide bonds. The predicted molar refractivity (Wildman–Crippen MR) is 259 cm³/mol. The van der Waals surface area contributed by atoms with Gasteiger partial charge in [-0.1, -0.05) is 223 Å². The number of hydrogen-bond donors (Lipinski definition) is 1. The Balaban J connectivity index is 2.02. The van der Waals surface area contributed by atoms with Crippen molar-refractivity contribution in [1.82, 2.24) is 5.32 Å². The second-order valence-corrected chi connectivity index (χ2v) is 20.5. The molecule has 0 spiro atoms. The van der Waals surface area contributed by atoms with Crippen molar-refractivity contribution in [3.8, 4) is 0 Å². The van der Waals surface area contributed by atoms with Crippen molar-refractivity contribution in [3.05, 3.63) is 35.9 Å². The van der Waals surface area contributed by atoms with Crippen molar-refractivity contribution in [1.29, 1.82) is 0 Å². The van der Waals surface area contributed by atoms with Crippen LogP contribution < -0.4 is 10.2 Å². The Hall–Kier alpha value is -1.32. The third kappa shape index (κ3) is 42.6. The number of carbonyl (C=O) groups excluding carboxylic acids is 1. The summed E-state index contributed by atoms with van der Waals surface area (Å²) in [6.07, 6.45) is 41.2. The summed E-state index contributed by atoms with van der Waals surface area (Å²) in [6, 6.07) is 9.87. The molecule has 62 heavy (non-hydrogen) atoms. The Kier molecular flexibility index (Phi) is 40.1.